The first-order chi connectivity index (χ1) is 10.1. The van der Waals surface area contributed by atoms with Crippen LogP contribution < -0.4 is 10.6 Å². The SMILES string of the molecule is CN(Cc1nccn1C)c1ccc(N)c2cc(Br)cnc12. The highest BCUT2D eigenvalue weighted by Gasteiger charge is 2.12. The number of nitrogens with two attached hydrogens (primary N) is 1. The van der Waals surface area contributed by atoms with E-state index < -0.39 is 0 Å². The summed E-state index contributed by atoms with van der Waals surface area (Å²) in [5, 5.41) is 0.952. The predicted molar refractivity (Wildman–Crippen MR) is 89.2 cm³/mol. The second-order valence-corrected chi connectivity index (χ2v) is 5.95. The highest BCUT2D eigenvalue weighted by Crippen LogP contribution is 2.31. The van der Waals surface area contributed by atoms with E-state index in [4.69, 9.17) is 5.73 Å². The van der Waals surface area contributed by atoms with E-state index in [-0.39, 0.29) is 0 Å². The summed E-state index contributed by atoms with van der Waals surface area (Å²) in [6, 6.07) is 5.91. The van der Waals surface area contributed by atoms with E-state index in [1.165, 1.54) is 0 Å². The Balaban J connectivity index is 2.04. The lowest BCUT2D eigenvalue weighted by Gasteiger charge is -2.21. The van der Waals surface area contributed by atoms with Crippen molar-refractivity contribution >= 4 is 38.2 Å². The quantitative estimate of drug-likeness (QED) is 0.741. The largest absolute Gasteiger partial charge is 0.398 e. The maximum absolute atomic E-state index is 6.06. The summed E-state index contributed by atoms with van der Waals surface area (Å²) in [5.74, 6) is 1.000. The van der Waals surface area contributed by atoms with Crippen molar-refractivity contribution in [2.75, 3.05) is 17.7 Å². The first-order valence-electron chi connectivity index (χ1n) is 6.57. The van der Waals surface area contributed by atoms with Crippen LogP contribution in [0, 0.1) is 0 Å². The summed E-state index contributed by atoms with van der Waals surface area (Å²) in [6.07, 6.45) is 5.54. The van der Waals surface area contributed by atoms with Gasteiger partial charge in [-0.15, -0.1) is 0 Å². The predicted octanol–water partition coefficient (Wildman–Crippen LogP) is 2.95. The van der Waals surface area contributed by atoms with Gasteiger partial charge in [0.15, 0.2) is 0 Å². The van der Waals surface area contributed by atoms with Gasteiger partial charge in [0.1, 0.15) is 5.82 Å². The molecule has 3 rings (SSSR count). The minimum atomic E-state index is 0.709. The third-order valence-corrected chi connectivity index (χ3v) is 3.97. The fraction of sp³-hybridized carbons (Fsp3) is 0.200. The van der Waals surface area contributed by atoms with E-state index >= 15 is 0 Å². The standard InChI is InChI=1S/C15H16BrN5/c1-20-6-5-18-14(20)9-21(2)13-4-3-12(17)11-7-10(16)8-19-15(11)13/h3-8H,9,17H2,1-2H3. The fourth-order valence-corrected chi connectivity index (χ4v) is 2.69. The molecule has 0 unspecified atom stereocenters. The minimum Gasteiger partial charge on any atom is -0.398 e. The number of imidazole rings is 1. The molecule has 0 amide bonds. The number of anilines is 2. The van der Waals surface area contributed by atoms with Crippen LogP contribution >= 0.6 is 15.9 Å². The van der Waals surface area contributed by atoms with Crippen molar-refractivity contribution in [2.45, 2.75) is 6.54 Å². The number of halogens is 1. The normalized spacial score (nSPS) is 11.0. The third kappa shape index (κ3) is 2.58. The lowest BCUT2D eigenvalue weighted by Crippen LogP contribution is -2.19. The highest BCUT2D eigenvalue weighted by molar-refractivity contribution is 9.10. The molecular formula is C15H16BrN5. The average Bonchev–Trinajstić information content (AvgIpc) is 2.85. The number of aryl methyl sites for hydroxylation is 1. The molecule has 0 aliphatic rings. The number of aromatic nitrogens is 3. The first-order valence-corrected chi connectivity index (χ1v) is 7.36. The topological polar surface area (TPSA) is 60.0 Å². The Morgan fingerprint density at radius 1 is 1.33 bits per heavy atom. The minimum absolute atomic E-state index is 0.709. The van der Waals surface area contributed by atoms with Crippen molar-refractivity contribution in [3.05, 3.63) is 47.1 Å². The number of hydrogen-bond donors (Lipinski definition) is 1. The molecule has 2 N–H and O–H groups in total. The number of hydrogen-bond acceptors (Lipinski definition) is 4. The molecule has 0 saturated heterocycles. The van der Waals surface area contributed by atoms with Gasteiger partial charge in [0.25, 0.3) is 0 Å². The molecule has 1 aromatic carbocycles. The molecule has 21 heavy (non-hydrogen) atoms. The Labute approximate surface area is 131 Å². The van der Waals surface area contributed by atoms with Crippen LogP contribution in [0.5, 0.6) is 0 Å². The second-order valence-electron chi connectivity index (χ2n) is 5.03. The molecule has 0 fully saturated rings. The molecule has 108 valence electrons. The second kappa shape index (κ2) is 5.37. The average molecular weight is 346 g/mol. The molecule has 0 radical (unpaired) electrons. The Kier molecular flexibility index (Phi) is 3.55. The van der Waals surface area contributed by atoms with Gasteiger partial charge in [-0.3, -0.25) is 4.98 Å². The van der Waals surface area contributed by atoms with Gasteiger partial charge in [-0.1, -0.05) is 0 Å². The van der Waals surface area contributed by atoms with Gasteiger partial charge < -0.3 is 15.2 Å². The molecule has 0 spiro atoms. The maximum atomic E-state index is 6.06. The lowest BCUT2D eigenvalue weighted by atomic mass is 10.1. The van der Waals surface area contributed by atoms with E-state index in [1.54, 1.807) is 12.4 Å². The zero-order valence-corrected chi connectivity index (χ0v) is 13.5. The van der Waals surface area contributed by atoms with E-state index in [1.807, 2.05) is 43.1 Å². The van der Waals surface area contributed by atoms with Gasteiger partial charge in [-0.05, 0) is 34.1 Å². The zero-order valence-electron chi connectivity index (χ0n) is 11.9. The van der Waals surface area contributed by atoms with E-state index in [9.17, 15) is 0 Å². The summed E-state index contributed by atoms with van der Waals surface area (Å²) in [4.78, 5) is 11.0. The van der Waals surface area contributed by atoms with E-state index in [2.05, 4.69) is 30.8 Å². The van der Waals surface area contributed by atoms with Crippen LogP contribution in [0.2, 0.25) is 0 Å². The molecule has 0 aliphatic heterocycles. The molecule has 0 bridgehead atoms. The fourth-order valence-electron chi connectivity index (χ4n) is 2.36. The summed E-state index contributed by atoms with van der Waals surface area (Å²) >= 11 is 3.44. The van der Waals surface area contributed by atoms with Crippen LogP contribution in [-0.4, -0.2) is 21.6 Å². The van der Waals surface area contributed by atoms with E-state index in [0.717, 1.165) is 32.6 Å². The lowest BCUT2D eigenvalue weighted by molar-refractivity contribution is 0.762. The summed E-state index contributed by atoms with van der Waals surface area (Å²) in [6.45, 7) is 0.709. The molecule has 0 atom stereocenters. The number of fused-ring (bicyclic) bond motifs is 1. The number of benzene rings is 1. The Bertz CT molecular complexity index is 796. The molecule has 2 heterocycles. The highest BCUT2D eigenvalue weighted by atomic mass is 79.9. The van der Waals surface area contributed by atoms with Crippen molar-refractivity contribution in [1.82, 2.24) is 14.5 Å². The van der Waals surface area contributed by atoms with Gasteiger partial charge in [0, 0.05) is 48.2 Å². The molecule has 0 saturated carbocycles. The Morgan fingerprint density at radius 3 is 2.86 bits per heavy atom. The van der Waals surface area contributed by atoms with Crippen molar-refractivity contribution < 1.29 is 0 Å². The Hall–Kier alpha value is -2.08. The molecular weight excluding hydrogens is 330 g/mol. The molecule has 6 heteroatoms. The van der Waals surface area contributed by atoms with Crippen LogP contribution in [-0.2, 0) is 13.6 Å². The van der Waals surface area contributed by atoms with Crippen molar-refractivity contribution in [3.8, 4) is 0 Å². The molecule has 3 aromatic rings. The van der Waals surface area contributed by atoms with Crippen LogP contribution in [0.15, 0.2) is 41.3 Å². The number of rotatable bonds is 3. The van der Waals surface area contributed by atoms with Crippen LogP contribution in [0.3, 0.4) is 0 Å². The van der Waals surface area contributed by atoms with Gasteiger partial charge in [-0.2, -0.15) is 0 Å². The van der Waals surface area contributed by atoms with Crippen molar-refractivity contribution in [3.63, 3.8) is 0 Å². The number of nitrogen functional groups attached to an aromatic ring is 1. The first kappa shape index (κ1) is 13.9. The van der Waals surface area contributed by atoms with Crippen molar-refractivity contribution in [1.29, 1.82) is 0 Å². The summed E-state index contributed by atoms with van der Waals surface area (Å²) < 4.78 is 2.94. The van der Waals surface area contributed by atoms with Gasteiger partial charge in [0.2, 0.25) is 0 Å². The summed E-state index contributed by atoms with van der Waals surface area (Å²) in [5.41, 5.74) is 8.72. The maximum Gasteiger partial charge on any atom is 0.127 e. The van der Waals surface area contributed by atoms with Gasteiger partial charge in [0.05, 0.1) is 17.7 Å². The zero-order chi connectivity index (χ0) is 15.0. The third-order valence-electron chi connectivity index (χ3n) is 3.54. The van der Waals surface area contributed by atoms with Crippen LogP contribution in [0.4, 0.5) is 11.4 Å². The van der Waals surface area contributed by atoms with Crippen LogP contribution in [0.1, 0.15) is 5.82 Å². The molecule has 2 aromatic heterocycles. The van der Waals surface area contributed by atoms with Gasteiger partial charge >= 0.3 is 0 Å². The van der Waals surface area contributed by atoms with Crippen molar-refractivity contribution in [2.24, 2.45) is 7.05 Å². The Morgan fingerprint density at radius 2 is 2.14 bits per heavy atom. The number of nitrogens with zero attached hydrogens (tertiary/aromatic N) is 4. The number of pyridine rings is 1. The van der Waals surface area contributed by atoms with E-state index in [0.29, 0.717) is 6.54 Å². The summed E-state index contributed by atoms with van der Waals surface area (Å²) in [7, 11) is 4.02. The molecule has 5 nitrogen and oxygen atoms in total. The van der Waals surface area contributed by atoms with Crippen LogP contribution in [0.25, 0.3) is 10.9 Å². The monoisotopic (exact) mass is 345 g/mol. The smallest absolute Gasteiger partial charge is 0.127 e. The van der Waals surface area contributed by atoms with Gasteiger partial charge in [-0.25, -0.2) is 4.98 Å². The molecule has 0 aliphatic carbocycles.